The summed E-state index contributed by atoms with van der Waals surface area (Å²) in [6.45, 7) is 2.34. The Hall–Kier alpha value is -3.45. The van der Waals surface area contributed by atoms with Gasteiger partial charge in [0.25, 0.3) is 5.91 Å². The second kappa shape index (κ2) is 9.37. The highest BCUT2D eigenvalue weighted by Gasteiger charge is 2.09. The average molecular weight is 420 g/mol. The summed E-state index contributed by atoms with van der Waals surface area (Å²) < 4.78 is 11.1. The molecule has 152 valence electrons. The minimum atomic E-state index is -0.237. The average Bonchev–Trinajstić information content (AvgIpc) is 3.17. The maximum Gasteiger partial charge on any atom is 0.262 e. The first-order valence-electron chi connectivity index (χ1n) is 9.58. The van der Waals surface area contributed by atoms with Gasteiger partial charge in [0.05, 0.1) is 17.6 Å². The van der Waals surface area contributed by atoms with Crippen LogP contribution in [0, 0.1) is 0 Å². The number of aromatic nitrogens is 2. The second-order valence-corrected chi connectivity index (χ2v) is 7.46. The highest BCUT2D eigenvalue weighted by Crippen LogP contribution is 2.28. The number of hydrogen-bond donors (Lipinski definition) is 2. The molecule has 0 aliphatic carbocycles. The molecule has 1 amide bonds. The number of anilines is 1. The van der Waals surface area contributed by atoms with Crippen molar-refractivity contribution in [2.45, 2.75) is 17.0 Å². The van der Waals surface area contributed by atoms with Crippen molar-refractivity contribution in [1.82, 2.24) is 9.97 Å². The van der Waals surface area contributed by atoms with Gasteiger partial charge in [0.2, 0.25) is 0 Å². The highest BCUT2D eigenvalue weighted by molar-refractivity contribution is 7.99. The van der Waals surface area contributed by atoms with Crippen LogP contribution in [0.15, 0.2) is 82.8 Å². The van der Waals surface area contributed by atoms with E-state index in [-0.39, 0.29) is 12.5 Å². The smallest absolute Gasteiger partial charge is 0.262 e. The van der Waals surface area contributed by atoms with Crippen LogP contribution in [0.4, 0.5) is 5.69 Å². The fourth-order valence-corrected chi connectivity index (χ4v) is 3.68. The maximum absolute atomic E-state index is 12.2. The van der Waals surface area contributed by atoms with Crippen LogP contribution in [0.1, 0.15) is 6.92 Å². The topological polar surface area (TPSA) is 76.2 Å². The Balaban J connectivity index is 1.32. The van der Waals surface area contributed by atoms with Gasteiger partial charge in [-0.05, 0) is 55.5 Å². The van der Waals surface area contributed by atoms with E-state index in [1.165, 1.54) is 11.8 Å². The minimum absolute atomic E-state index is 0.0976. The molecule has 0 atom stereocenters. The molecule has 0 radical (unpaired) electrons. The van der Waals surface area contributed by atoms with E-state index in [4.69, 9.17) is 9.47 Å². The Kier molecular flexibility index (Phi) is 6.20. The number of benzene rings is 3. The van der Waals surface area contributed by atoms with Crippen LogP contribution in [-0.2, 0) is 4.79 Å². The molecule has 0 saturated heterocycles. The zero-order chi connectivity index (χ0) is 20.8. The van der Waals surface area contributed by atoms with Crippen molar-refractivity contribution < 1.29 is 14.3 Å². The van der Waals surface area contributed by atoms with Crippen LogP contribution in [-0.4, -0.2) is 29.1 Å². The monoisotopic (exact) mass is 419 g/mol. The second-order valence-electron chi connectivity index (χ2n) is 6.40. The molecule has 0 aliphatic rings. The summed E-state index contributed by atoms with van der Waals surface area (Å²) >= 11 is 1.54. The summed E-state index contributed by atoms with van der Waals surface area (Å²) in [6.07, 6.45) is 0. The molecule has 0 fully saturated rings. The summed E-state index contributed by atoms with van der Waals surface area (Å²) in [7, 11) is 0. The minimum Gasteiger partial charge on any atom is -0.490 e. The lowest BCUT2D eigenvalue weighted by Crippen LogP contribution is -2.20. The number of imidazole rings is 1. The Morgan fingerprint density at radius 3 is 2.40 bits per heavy atom. The van der Waals surface area contributed by atoms with E-state index in [2.05, 4.69) is 15.3 Å². The van der Waals surface area contributed by atoms with Gasteiger partial charge in [-0.25, -0.2) is 4.98 Å². The van der Waals surface area contributed by atoms with Crippen LogP contribution < -0.4 is 14.8 Å². The number of nitrogens with one attached hydrogen (secondary N) is 2. The molecule has 0 bridgehead atoms. The summed E-state index contributed by atoms with van der Waals surface area (Å²) in [5, 5.41) is 3.67. The Morgan fingerprint density at radius 1 is 0.967 bits per heavy atom. The fourth-order valence-electron chi connectivity index (χ4n) is 2.88. The number of fused-ring (bicyclic) bond motifs is 1. The first-order chi connectivity index (χ1) is 14.7. The molecular formula is C23H21N3O3S. The van der Waals surface area contributed by atoms with Crippen LogP contribution in [0.5, 0.6) is 11.5 Å². The predicted molar refractivity (Wildman–Crippen MR) is 118 cm³/mol. The molecule has 1 heterocycles. The van der Waals surface area contributed by atoms with Gasteiger partial charge in [-0.1, -0.05) is 36.0 Å². The molecule has 4 rings (SSSR count). The molecule has 0 saturated carbocycles. The number of carbonyl (C=O) groups excluding carboxylic acids is 1. The summed E-state index contributed by atoms with van der Waals surface area (Å²) in [5.74, 6) is 0.936. The SMILES string of the molecule is CCOc1ccccc1OCC(=O)Nc1ccc(Sc2nc3ccccc3[nH]2)cc1. The number of para-hydroxylation sites is 4. The number of rotatable bonds is 8. The van der Waals surface area contributed by atoms with E-state index in [0.29, 0.717) is 23.8 Å². The molecule has 7 heteroatoms. The van der Waals surface area contributed by atoms with E-state index in [9.17, 15) is 4.79 Å². The quantitative estimate of drug-likeness (QED) is 0.414. The number of nitrogens with zero attached hydrogens (tertiary/aromatic N) is 1. The van der Waals surface area contributed by atoms with Gasteiger partial charge < -0.3 is 19.8 Å². The van der Waals surface area contributed by atoms with Gasteiger partial charge in [0.15, 0.2) is 23.3 Å². The maximum atomic E-state index is 12.2. The molecule has 1 aromatic heterocycles. The first kappa shape index (κ1) is 19.8. The lowest BCUT2D eigenvalue weighted by molar-refractivity contribution is -0.118. The molecule has 4 aromatic rings. The van der Waals surface area contributed by atoms with Gasteiger partial charge in [-0.2, -0.15) is 0 Å². The Labute approximate surface area is 178 Å². The third-order valence-electron chi connectivity index (χ3n) is 4.23. The van der Waals surface area contributed by atoms with Crippen LogP contribution >= 0.6 is 11.8 Å². The van der Waals surface area contributed by atoms with Crippen molar-refractivity contribution in [3.8, 4) is 11.5 Å². The molecule has 0 spiro atoms. The van der Waals surface area contributed by atoms with Crippen molar-refractivity contribution >= 4 is 34.4 Å². The van der Waals surface area contributed by atoms with E-state index >= 15 is 0 Å². The molecule has 3 aromatic carbocycles. The van der Waals surface area contributed by atoms with Crippen LogP contribution in [0.25, 0.3) is 11.0 Å². The van der Waals surface area contributed by atoms with Gasteiger partial charge in [-0.3, -0.25) is 4.79 Å². The molecule has 6 nitrogen and oxygen atoms in total. The number of amides is 1. The molecule has 30 heavy (non-hydrogen) atoms. The normalized spacial score (nSPS) is 10.7. The summed E-state index contributed by atoms with van der Waals surface area (Å²) in [4.78, 5) is 21.1. The van der Waals surface area contributed by atoms with Gasteiger partial charge in [0.1, 0.15) is 0 Å². The molecular weight excluding hydrogens is 398 g/mol. The molecule has 0 aliphatic heterocycles. The number of H-pyrrole nitrogens is 1. The van der Waals surface area contributed by atoms with Crippen molar-refractivity contribution in [2.75, 3.05) is 18.5 Å². The van der Waals surface area contributed by atoms with Gasteiger partial charge in [-0.15, -0.1) is 0 Å². The zero-order valence-electron chi connectivity index (χ0n) is 16.4. The predicted octanol–water partition coefficient (Wildman–Crippen LogP) is 5.13. The highest BCUT2D eigenvalue weighted by atomic mass is 32.2. The van der Waals surface area contributed by atoms with Gasteiger partial charge in [0, 0.05) is 10.6 Å². The third kappa shape index (κ3) is 4.93. The Bertz CT molecular complexity index is 1110. The zero-order valence-corrected chi connectivity index (χ0v) is 17.2. The third-order valence-corrected chi connectivity index (χ3v) is 5.12. The fraction of sp³-hybridized carbons (Fsp3) is 0.130. The number of carbonyl (C=O) groups is 1. The van der Waals surface area contributed by atoms with Crippen molar-refractivity contribution in [2.24, 2.45) is 0 Å². The summed E-state index contributed by atoms with van der Waals surface area (Å²) in [5.41, 5.74) is 2.65. The van der Waals surface area contributed by atoms with Crippen molar-refractivity contribution in [3.63, 3.8) is 0 Å². The molecule has 2 N–H and O–H groups in total. The number of aromatic amines is 1. The standard InChI is InChI=1S/C23H21N3O3S/c1-2-28-20-9-5-6-10-21(20)29-15-22(27)24-16-11-13-17(14-12-16)30-23-25-18-7-3-4-8-19(18)26-23/h3-14H,2,15H2,1H3,(H,24,27)(H,25,26). The summed E-state index contributed by atoms with van der Waals surface area (Å²) in [6, 6.07) is 22.8. The van der Waals surface area contributed by atoms with Crippen molar-refractivity contribution in [1.29, 1.82) is 0 Å². The van der Waals surface area contributed by atoms with Crippen LogP contribution in [0.2, 0.25) is 0 Å². The van der Waals surface area contributed by atoms with Crippen molar-refractivity contribution in [3.05, 3.63) is 72.8 Å². The van der Waals surface area contributed by atoms with Gasteiger partial charge >= 0.3 is 0 Å². The molecule has 0 unspecified atom stereocenters. The number of ether oxygens (including phenoxy) is 2. The number of hydrogen-bond acceptors (Lipinski definition) is 5. The first-order valence-corrected chi connectivity index (χ1v) is 10.4. The lowest BCUT2D eigenvalue weighted by Gasteiger charge is -2.11. The van der Waals surface area contributed by atoms with E-state index in [1.54, 1.807) is 6.07 Å². The van der Waals surface area contributed by atoms with E-state index in [0.717, 1.165) is 21.1 Å². The van der Waals surface area contributed by atoms with Crippen LogP contribution in [0.3, 0.4) is 0 Å². The van der Waals surface area contributed by atoms with E-state index in [1.807, 2.05) is 73.7 Å². The Morgan fingerprint density at radius 2 is 1.67 bits per heavy atom. The lowest BCUT2D eigenvalue weighted by atomic mass is 10.3. The van der Waals surface area contributed by atoms with E-state index < -0.39 is 0 Å². The largest absolute Gasteiger partial charge is 0.490 e.